The van der Waals surface area contributed by atoms with E-state index in [2.05, 4.69) is 24.3 Å². The summed E-state index contributed by atoms with van der Waals surface area (Å²) in [7, 11) is -5.17. The normalized spacial score (nSPS) is 26.4. The van der Waals surface area contributed by atoms with Crippen molar-refractivity contribution in [3.05, 3.63) is 35.5 Å². The summed E-state index contributed by atoms with van der Waals surface area (Å²) in [5.41, 5.74) is 3.37. The maximum absolute atomic E-state index is 8.52. The maximum atomic E-state index is 8.52. The van der Waals surface area contributed by atoms with Crippen molar-refractivity contribution in [2.75, 3.05) is 0 Å². The summed E-state index contributed by atoms with van der Waals surface area (Å²) in [4.78, 5) is 0. The summed E-state index contributed by atoms with van der Waals surface area (Å²) in [5, 5.41) is 0. The van der Waals surface area contributed by atoms with Gasteiger partial charge in [-0.2, -0.15) is 0 Å². The van der Waals surface area contributed by atoms with Gasteiger partial charge in [-0.25, -0.2) is 0 Å². The Morgan fingerprint density at radius 2 is 1.76 bits per heavy atom. The Morgan fingerprint density at radius 1 is 1.10 bits per heavy atom. The second-order valence-electron chi connectivity index (χ2n) is 5.33. The maximum Gasteiger partial charge on any atom is 1.00 e. The van der Waals surface area contributed by atoms with E-state index in [1.54, 1.807) is 11.1 Å². The molecule has 106 valence electrons. The van der Waals surface area contributed by atoms with E-state index in [9.17, 15) is 0 Å². The van der Waals surface area contributed by atoms with Crippen LogP contribution in [0.1, 0.15) is 38.5 Å². The number of hydrogen-bond acceptors (Lipinski definition) is 4. The Labute approximate surface area is 171 Å². The van der Waals surface area contributed by atoms with Crippen LogP contribution in [0.4, 0.5) is 0 Å². The minimum Gasteiger partial charge on any atom is -0.759 e. The molecule has 0 amide bonds. The van der Waals surface area contributed by atoms with E-state index < -0.39 is 10.4 Å². The third-order valence-electron chi connectivity index (χ3n) is 4.03. The zero-order valence-electron chi connectivity index (χ0n) is 12.7. The molecule has 21 heavy (non-hydrogen) atoms. The Hall–Kier alpha value is 1.09. The number of allylic oxidation sites excluding steroid dienone is 6. The quantitative estimate of drug-likeness (QED) is 0.265. The Balaban J connectivity index is 0.000000507. The predicted octanol–water partition coefficient (Wildman–Crippen LogP) is -3.32. The average molecular weight is 328 g/mol. The van der Waals surface area contributed by atoms with Crippen LogP contribution >= 0.6 is 0 Å². The van der Waals surface area contributed by atoms with Gasteiger partial charge in [0.15, 0.2) is 0 Å². The molecule has 0 radical (unpaired) electrons. The first-order valence-corrected chi connectivity index (χ1v) is 8.00. The number of rotatable bonds is 0. The number of hydrogen-bond donors (Lipinski definition) is 0. The van der Waals surface area contributed by atoms with Crippen molar-refractivity contribution in [1.82, 2.24) is 0 Å². The van der Waals surface area contributed by atoms with Crippen LogP contribution in [0.15, 0.2) is 35.5 Å². The molecular formula is C14H18Na2O4S. The summed E-state index contributed by atoms with van der Waals surface area (Å²) in [5.74, 6) is 1.80. The molecule has 0 N–H and O–H groups in total. The van der Waals surface area contributed by atoms with Crippen LogP contribution < -0.4 is 59.1 Å². The monoisotopic (exact) mass is 328 g/mol. The van der Waals surface area contributed by atoms with Crippen LogP contribution in [0.5, 0.6) is 0 Å². The minimum atomic E-state index is -5.17. The molecule has 7 heteroatoms. The van der Waals surface area contributed by atoms with Crippen molar-refractivity contribution >= 4 is 10.4 Å². The van der Waals surface area contributed by atoms with E-state index in [0.717, 1.165) is 11.8 Å². The van der Waals surface area contributed by atoms with E-state index in [4.69, 9.17) is 17.5 Å². The fourth-order valence-corrected chi connectivity index (χ4v) is 3.22. The molecular weight excluding hydrogens is 310 g/mol. The molecule has 0 heterocycles. The zero-order chi connectivity index (χ0) is 13.9. The standard InChI is InChI=1S/C14H18.2Na.H2O4S/c1-2-6-12-10-14-8-4-3-7-13(14)9-11(12)5-1;;;1-5(2,3)4/h1-2,5,9,12,14H,3-4,6-8,10H2;;;(H2,1,2,3,4)/q;2*+1;/p-2. The van der Waals surface area contributed by atoms with E-state index >= 15 is 0 Å². The van der Waals surface area contributed by atoms with Crippen molar-refractivity contribution in [3.63, 3.8) is 0 Å². The molecule has 0 aromatic rings. The van der Waals surface area contributed by atoms with Gasteiger partial charge in [-0.1, -0.05) is 36.3 Å². The van der Waals surface area contributed by atoms with Crippen LogP contribution in [0.25, 0.3) is 0 Å². The van der Waals surface area contributed by atoms with Gasteiger partial charge in [0, 0.05) is 10.4 Å². The summed E-state index contributed by atoms with van der Waals surface area (Å²) < 4.78 is 34.1. The van der Waals surface area contributed by atoms with E-state index in [1.807, 2.05) is 0 Å². The largest absolute Gasteiger partial charge is 1.00 e. The first-order chi connectivity index (χ1) is 8.93. The summed E-state index contributed by atoms with van der Waals surface area (Å²) in [6.07, 6.45) is 17.8. The predicted molar refractivity (Wildman–Crippen MR) is 70.5 cm³/mol. The van der Waals surface area contributed by atoms with Crippen molar-refractivity contribution in [2.24, 2.45) is 11.8 Å². The molecule has 3 rings (SSSR count). The molecule has 3 aliphatic carbocycles. The van der Waals surface area contributed by atoms with Gasteiger partial charge in [-0.3, -0.25) is 8.42 Å². The van der Waals surface area contributed by atoms with Crippen molar-refractivity contribution < 1.29 is 76.6 Å². The van der Waals surface area contributed by atoms with Crippen molar-refractivity contribution in [3.8, 4) is 0 Å². The van der Waals surface area contributed by atoms with Crippen LogP contribution in [-0.2, 0) is 10.4 Å². The third-order valence-corrected chi connectivity index (χ3v) is 4.03. The topological polar surface area (TPSA) is 80.3 Å². The summed E-state index contributed by atoms with van der Waals surface area (Å²) >= 11 is 0. The first-order valence-electron chi connectivity index (χ1n) is 6.67. The fraction of sp³-hybridized carbons (Fsp3) is 0.571. The molecule has 0 spiro atoms. The summed E-state index contributed by atoms with van der Waals surface area (Å²) in [6, 6.07) is 0. The first kappa shape index (κ1) is 22.1. The molecule has 2 unspecified atom stereocenters. The zero-order valence-corrected chi connectivity index (χ0v) is 17.6. The SMILES string of the molecule is C1=CCC2CC3CCCCC3=CC2=C1.O=S(=O)([O-])[O-].[Na+].[Na+]. The third kappa shape index (κ3) is 7.95. The molecule has 0 bridgehead atoms. The van der Waals surface area contributed by atoms with Gasteiger partial charge in [0.1, 0.15) is 0 Å². The van der Waals surface area contributed by atoms with Crippen molar-refractivity contribution in [1.29, 1.82) is 0 Å². The van der Waals surface area contributed by atoms with Crippen LogP contribution in [0.2, 0.25) is 0 Å². The Bertz CT molecular complexity index is 515. The van der Waals surface area contributed by atoms with Crippen LogP contribution in [0.3, 0.4) is 0 Å². The number of fused-ring (bicyclic) bond motifs is 2. The van der Waals surface area contributed by atoms with Gasteiger partial charge >= 0.3 is 59.1 Å². The van der Waals surface area contributed by atoms with Gasteiger partial charge in [0.2, 0.25) is 0 Å². The van der Waals surface area contributed by atoms with Gasteiger partial charge in [0.25, 0.3) is 0 Å². The van der Waals surface area contributed by atoms with Crippen LogP contribution in [-0.4, -0.2) is 17.5 Å². The average Bonchev–Trinajstić information content (AvgIpc) is 2.34. The van der Waals surface area contributed by atoms with Gasteiger partial charge < -0.3 is 9.11 Å². The molecule has 2 atom stereocenters. The van der Waals surface area contributed by atoms with Gasteiger partial charge in [0.05, 0.1) is 0 Å². The van der Waals surface area contributed by atoms with Gasteiger partial charge in [-0.15, -0.1) is 0 Å². The molecule has 3 aliphatic rings. The van der Waals surface area contributed by atoms with Gasteiger partial charge in [-0.05, 0) is 49.5 Å². The second kappa shape index (κ2) is 10.1. The molecule has 1 fully saturated rings. The van der Waals surface area contributed by atoms with E-state index in [1.165, 1.54) is 38.5 Å². The van der Waals surface area contributed by atoms with E-state index in [0.29, 0.717) is 0 Å². The molecule has 4 nitrogen and oxygen atoms in total. The Kier molecular flexibility index (Phi) is 10.6. The molecule has 0 aromatic heterocycles. The van der Waals surface area contributed by atoms with E-state index in [-0.39, 0.29) is 59.1 Å². The minimum absolute atomic E-state index is 0. The molecule has 0 aliphatic heterocycles. The molecule has 0 saturated heterocycles. The van der Waals surface area contributed by atoms with Crippen molar-refractivity contribution in [2.45, 2.75) is 38.5 Å². The summed E-state index contributed by atoms with van der Waals surface area (Å²) in [6.45, 7) is 0. The fourth-order valence-electron chi connectivity index (χ4n) is 3.22. The Morgan fingerprint density at radius 3 is 2.43 bits per heavy atom. The van der Waals surface area contributed by atoms with Crippen LogP contribution in [0, 0.1) is 11.8 Å². The second-order valence-corrected chi connectivity index (χ2v) is 6.15. The smallest absolute Gasteiger partial charge is 0.759 e. The molecule has 0 aromatic carbocycles. The molecule has 1 saturated carbocycles.